The Hall–Kier alpha value is -0.620. The minimum absolute atomic E-state index is 0.101. The van der Waals surface area contributed by atoms with E-state index in [4.69, 9.17) is 10.2 Å². The lowest BCUT2D eigenvalue weighted by Gasteiger charge is -2.19. The maximum absolute atomic E-state index is 6.28. The van der Waals surface area contributed by atoms with Crippen molar-refractivity contribution in [3.8, 4) is 0 Å². The van der Waals surface area contributed by atoms with Crippen molar-refractivity contribution >= 4 is 27.3 Å². The van der Waals surface area contributed by atoms with Gasteiger partial charge in [-0.05, 0) is 59.9 Å². The third kappa shape index (κ3) is 4.45. The van der Waals surface area contributed by atoms with E-state index in [9.17, 15) is 0 Å². The van der Waals surface area contributed by atoms with Crippen LogP contribution in [0.2, 0.25) is 0 Å². The summed E-state index contributed by atoms with van der Waals surface area (Å²) in [6.07, 6.45) is 6.64. The number of rotatable bonds is 8. The Labute approximate surface area is 132 Å². The number of furan rings is 1. The van der Waals surface area contributed by atoms with Gasteiger partial charge in [0.15, 0.2) is 0 Å². The molecule has 110 valence electrons. The fourth-order valence-electron chi connectivity index (χ4n) is 2.19. The molecule has 0 aliphatic heterocycles. The van der Waals surface area contributed by atoms with E-state index in [0.717, 1.165) is 29.6 Å². The molecule has 0 aliphatic carbocycles. The fourth-order valence-corrected chi connectivity index (χ4v) is 3.65. The Kier molecular flexibility index (Phi) is 6.29. The fraction of sp³-hybridized carbons (Fsp3) is 0.467. The van der Waals surface area contributed by atoms with Gasteiger partial charge in [-0.1, -0.05) is 6.92 Å². The first kappa shape index (κ1) is 15.8. The standard InChI is InChI=1S/C15H21BrN2OS/c1-2-8-18-13(11-7-9-19-10-11)4-3-12(17)14-5-6-15(16)20-14/h5-7,9-10,12-13,18H,2-4,8,17H2,1H3. The van der Waals surface area contributed by atoms with E-state index in [0.29, 0.717) is 6.04 Å². The molecular formula is C15H21BrN2OS. The van der Waals surface area contributed by atoms with E-state index in [1.54, 1.807) is 17.6 Å². The van der Waals surface area contributed by atoms with Crippen LogP contribution in [0.4, 0.5) is 0 Å². The molecule has 0 saturated heterocycles. The summed E-state index contributed by atoms with van der Waals surface area (Å²) < 4.78 is 6.33. The third-order valence-corrected chi connectivity index (χ3v) is 5.07. The molecule has 2 aromatic rings. The van der Waals surface area contributed by atoms with Crippen LogP contribution in [0.25, 0.3) is 0 Å². The van der Waals surface area contributed by atoms with Crippen LogP contribution in [-0.2, 0) is 0 Å². The SMILES string of the molecule is CCCNC(CCC(N)c1ccc(Br)s1)c1ccoc1. The number of halogens is 1. The summed E-state index contributed by atoms with van der Waals surface area (Å²) in [5.41, 5.74) is 7.48. The number of nitrogens with one attached hydrogen (secondary N) is 1. The van der Waals surface area contributed by atoms with Gasteiger partial charge >= 0.3 is 0 Å². The zero-order chi connectivity index (χ0) is 14.4. The summed E-state index contributed by atoms with van der Waals surface area (Å²) in [4.78, 5) is 1.23. The van der Waals surface area contributed by atoms with Crippen molar-refractivity contribution in [2.24, 2.45) is 5.73 Å². The van der Waals surface area contributed by atoms with Gasteiger partial charge in [-0.25, -0.2) is 0 Å². The molecule has 0 aliphatic rings. The van der Waals surface area contributed by atoms with Gasteiger partial charge in [0.2, 0.25) is 0 Å². The van der Waals surface area contributed by atoms with Crippen LogP contribution < -0.4 is 11.1 Å². The monoisotopic (exact) mass is 356 g/mol. The predicted octanol–water partition coefficient (Wildman–Crippen LogP) is 4.62. The smallest absolute Gasteiger partial charge is 0.0950 e. The highest BCUT2D eigenvalue weighted by molar-refractivity contribution is 9.11. The van der Waals surface area contributed by atoms with Crippen LogP contribution in [0.3, 0.4) is 0 Å². The highest BCUT2D eigenvalue weighted by atomic mass is 79.9. The molecule has 0 bridgehead atoms. The second kappa shape index (κ2) is 7.98. The molecule has 0 radical (unpaired) electrons. The molecule has 2 atom stereocenters. The lowest BCUT2D eigenvalue weighted by molar-refractivity contribution is 0.455. The van der Waals surface area contributed by atoms with E-state index in [1.807, 2.05) is 12.3 Å². The summed E-state index contributed by atoms with van der Waals surface area (Å²) in [5, 5.41) is 3.56. The first-order valence-corrected chi connectivity index (χ1v) is 8.58. The maximum atomic E-state index is 6.28. The molecule has 2 aromatic heterocycles. The summed E-state index contributed by atoms with van der Waals surface area (Å²) in [7, 11) is 0. The molecule has 2 heterocycles. The maximum Gasteiger partial charge on any atom is 0.0950 e. The molecule has 3 nitrogen and oxygen atoms in total. The van der Waals surface area contributed by atoms with Gasteiger partial charge in [-0.15, -0.1) is 11.3 Å². The average molecular weight is 357 g/mol. The van der Waals surface area contributed by atoms with Crippen molar-refractivity contribution in [1.82, 2.24) is 5.32 Å². The Morgan fingerprint density at radius 2 is 2.20 bits per heavy atom. The zero-order valence-corrected chi connectivity index (χ0v) is 14.0. The van der Waals surface area contributed by atoms with Gasteiger partial charge < -0.3 is 15.5 Å². The van der Waals surface area contributed by atoms with Gasteiger partial charge in [0, 0.05) is 22.5 Å². The first-order chi connectivity index (χ1) is 9.70. The van der Waals surface area contributed by atoms with Crippen LogP contribution in [0, 0.1) is 0 Å². The predicted molar refractivity (Wildman–Crippen MR) is 87.9 cm³/mol. The van der Waals surface area contributed by atoms with E-state index in [1.165, 1.54) is 10.4 Å². The zero-order valence-electron chi connectivity index (χ0n) is 11.6. The minimum atomic E-state index is 0.101. The Bertz CT molecular complexity index is 498. The van der Waals surface area contributed by atoms with Crippen molar-refractivity contribution in [1.29, 1.82) is 0 Å². The van der Waals surface area contributed by atoms with Crippen molar-refractivity contribution in [2.45, 2.75) is 38.3 Å². The molecule has 0 amide bonds. The Balaban J connectivity index is 1.91. The van der Waals surface area contributed by atoms with Crippen LogP contribution >= 0.6 is 27.3 Å². The minimum Gasteiger partial charge on any atom is -0.472 e. The van der Waals surface area contributed by atoms with Gasteiger partial charge in [0.1, 0.15) is 0 Å². The molecule has 5 heteroatoms. The van der Waals surface area contributed by atoms with Crippen LogP contribution in [-0.4, -0.2) is 6.54 Å². The summed E-state index contributed by atoms with van der Waals surface area (Å²) in [6, 6.07) is 6.61. The van der Waals surface area contributed by atoms with E-state index in [2.05, 4.69) is 40.3 Å². The molecule has 0 fully saturated rings. The Morgan fingerprint density at radius 1 is 1.35 bits per heavy atom. The van der Waals surface area contributed by atoms with Crippen molar-refractivity contribution in [3.05, 3.63) is 45.0 Å². The summed E-state index contributed by atoms with van der Waals surface area (Å²) in [5.74, 6) is 0. The molecule has 2 rings (SSSR count). The van der Waals surface area contributed by atoms with Gasteiger partial charge in [0.25, 0.3) is 0 Å². The second-order valence-corrected chi connectivity index (χ2v) is 7.38. The van der Waals surface area contributed by atoms with Gasteiger partial charge in [-0.2, -0.15) is 0 Å². The second-order valence-electron chi connectivity index (χ2n) is 4.89. The molecule has 0 saturated carbocycles. The normalized spacial score (nSPS) is 14.3. The molecule has 3 N–H and O–H groups in total. The van der Waals surface area contributed by atoms with Crippen LogP contribution in [0.15, 0.2) is 38.9 Å². The highest BCUT2D eigenvalue weighted by Crippen LogP contribution is 2.30. The third-order valence-electron chi connectivity index (χ3n) is 3.31. The quantitative estimate of drug-likeness (QED) is 0.725. The van der Waals surface area contributed by atoms with Crippen molar-refractivity contribution in [2.75, 3.05) is 6.54 Å². The lowest BCUT2D eigenvalue weighted by atomic mass is 10.0. The summed E-state index contributed by atoms with van der Waals surface area (Å²) >= 11 is 5.20. The summed E-state index contributed by atoms with van der Waals surface area (Å²) in [6.45, 7) is 3.18. The van der Waals surface area contributed by atoms with Crippen LogP contribution in [0.1, 0.15) is 48.7 Å². The van der Waals surface area contributed by atoms with Crippen molar-refractivity contribution < 1.29 is 4.42 Å². The topological polar surface area (TPSA) is 51.2 Å². The lowest BCUT2D eigenvalue weighted by Crippen LogP contribution is -2.23. The number of hydrogen-bond donors (Lipinski definition) is 2. The molecule has 0 spiro atoms. The molecule has 20 heavy (non-hydrogen) atoms. The number of hydrogen-bond acceptors (Lipinski definition) is 4. The number of thiophene rings is 1. The Morgan fingerprint density at radius 3 is 2.80 bits per heavy atom. The van der Waals surface area contributed by atoms with Gasteiger partial charge in [-0.3, -0.25) is 0 Å². The number of nitrogens with two attached hydrogens (primary N) is 1. The first-order valence-electron chi connectivity index (χ1n) is 6.97. The largest absolute Gasteiger partial charge is 0.472 e. The van der Waals surface area contributed by atoms with E-state index in [-0.39, 0.29) is 6.04 Å². The highest BCUT2D eigenvalue weighted by Gasteiger charge is 2.15. The van der Waals surface area contributed by atoms with E-state index >= 15 is 0 Å². The van der Waals surface area contributed by atoms with Crippen molar-refractivity contribution in [3.63, 3.8) is 0 Å². The van der Waals surface area contributed by atoms with Crippen LogP contribution in [0.5, 0.6) is 0 Å². The van der Waals surface area contributed by atoms with Gasteiger partial charge in [0.05, 0.1) is 16.3 Å². The molecule has 2 unspecified atom stereocenters. The molecular weight excluding hydrogens is 336 g/mol. The van der Waals surface area contributed by atoms with E-state index < -0.39 is 0 Å². The average Bonchev–Trinajstić information content (AvgIpc) is 3.10. The molecule has 0 aromatic carbocycles.